The molecule has 236 valence electrons. The lowest BCUT2D eigenvalue weighted by atomic mass is 9.78. The molecule has 0 heteroatoms. The van der Waals surface area contributed by atoms with Crippen LogP contribution in [0, 0.1) is 6.92 Å². The number of aryl methyl sites for hydroxylation is 1. The van der Waals surface area contributed by atoms with Crippen LogP contribution < -0.4 is 0 Å². The molecule has 0 radical (unpaired) electrons. The molecule has 0 aliphatic heterocycles. The predicted octanol–water partition coefficient (Wildman–Crippen LogP) is 13.9. The van der Waals surface area contributed by atoms with Crippen molar-refractivity contribution in [2.45, 2.75) is 26.2 Å². The highest BCUT2D eigenvalue weighted by Gasteiger charge is 2.37. The lowest BCUT2D eigenvalue weighted by Crippen LogP contribution is -2.15. The summed E-state index contributed by atoms with van der Waals surface area (Å²) >= 11 is 0. The van der Waals surface area contributed by atoms with E-state index in [0.717, 1.165) is 0 Å². The van der Waals surface area contributed by atoms with Gasteiger partial charge < -0.3 is 0 Å². The number of fused-ring (bicyclic) bond motifs is 8. The van der Waals surface area contributed by atoms with Crippen LogP contribution in [0.3, 0.4) is 0 Å². The molecule has 10 rings (SSSR count). The fraction of sp³-hybridized carbons (Fsp3) is 0.0800. The van der Waals surface area contributed by atoms with Crippen molar-refractivity contribution in [3.05, 3.63) is 180 Å². The topological polar surface area (TPSA) is 0 Å². The molecule has 0 heterocycles. The summed E-state index contributed by atoms with van der Waals surface area (Å²) in [6.07, 6.45) is 0. The second kappa shape index (κ2) is 10.8. The fourth-order valence-electron chi connectivity index (χ4n) is 8.89. The van der Waals surface area contributed by atoms with Crippen molar-refractivity contribution >= 4 is 43.1 Å². The Hall–Kier alpha value is -5.98. The Labute approximate surface area is 293 Å². The minimum absolute atomic E-state index is 0.117. The van der Waals surface area contributed by atoms with E-state index in [2.05, 4.69) is 185 Å². The van der Waals surface area contributed by atoms with E-state index < -0.39 is 0 Å². The Bertz CT molecular complexity index is 2850. The van der Waals surface area contributed by atoms with Crippen LogP contribution in [-0.4, -0.2) is 0 Å². The monoisotopic (exact) mass is 636 g/mol. The van der Waals surface area contributed by atoms with Gasteiger partial charge in [-0.15, -0.1) is 0 Å². The van der Waals surface area contributed by atoms with Crippen molar-refractivity contribution in [1.29, 1.82) is 0 Å². The van der Waals surface area contributed by atoms with Crippen molar-refractivity contribution in [3.8, 4) is 44.5 Å². The highest BCUT2D eigenvalue weighted by molar-refractivity contribution is 6.25. The zero-order valence-electron chi connectivity index (χ0n) is 28.6. The SMILES string of the molecule is Cc1cccc(-c2c3ccccc3c(-c3cc4c(c5ccccc35)-c3ccccc3C4(C)C)c3cc(-c4ccc5ccccc5c4)ccc23)c1. The van der Waals surface area contributed by atoms with Gasteiger partial charge in [0.1, 0.15) is 0 Å². The Morgan fingerprint density at radius 1 is 0.340 bits per heavy atom. The summed E-state index contributed by atoms with van der Waals surface area (Å²) in [5, 5.41) is 10.3. The van der Waals surface area contributed by atoms with Gasteiger partial charge >= 0.3 is 0 Å². The van der Waals surface area contributed by atoms with E-state index in [1.165, 1.54) is 104 Å². The van der Waals surface area contributed by atoms with Gasteiger partial charge in [0.05, 0.1) is 0 Å². The molecule has 0 bridgehead atoms. The molecule has 0 N–H and O–H groups in total. The Morgan fingerprint density at radius 3 is 1.76 bits per heavy atom. The van der Waals surface area contributed by atoms with Gasteiger partial charge in [0.15, 0.2) is 0 Å². The Balaban J connectivity index is 1.37. The molecule has 0 spiro atoms. The van der Waals surface area contributed by atoms with Gasteiger partial charge in [-0.3, -0.25) is 0 Å². The lowest BCUT2D eigenvalue weighted by molar-refractivity contribution is 0.661. The molecule has 0 aromatic heterocycles. The van der Waals surface area contributed by atoms with Crippen LogP contribution in [0.4, 0.5) is 0 Å². The average Bonchev–Trinajstić information content (AvgIpc) is 3.39. The lowest BCUT2D eigenvalue weighted by Gasteiger charge is -2.24. The molecule has 50 heavy (non-hydrogen) atoms. The summed E-state index contributed by atoms with van der Waals surface area (Å²) in [6.45, 7) is 6.98. The first-order valence-electron chi connectivity index (χ1n) is 17.7. The highest BCUT2D eigenvalue weighted by Crippen LogP contribution is 2.55. The molecular formula is C50H36. The van der Waals surface area contributed by atoms with Crippen LogP contribution in [0.15, 0.2) is 164 Å². The van der Waals surface area contributed by atoms with E-state index in [1.54, 1.807) is 0 Å². The number of hydrogen-bond donors (Lipinski definition) is 0. The number of rotatable bonds is 3. The van der Waals surface area contributed by atoms with Crippen LogP contribution in [0.1, 0.15) is 30.5 Å². The van der Waals surface area contributed by atoms with E-state index in [0.29, 0.717) is 0 Å². The zero-order valence-corrected chi connectivity index (χ0v) is 28.6. The normalized spacial score (nSPS) is 13.3. The fourth-order valence-corrected chi connectivity index (χ4v) is 8.89. The van der Waals surface area contributed by atoms with Crippen LogP contribution in [0.25, 0.3) is 87.6 Å². The first-order chi connectivity index (χ1) is 24.5. The summed E-state index contributed by atoms with van der Waals surface area (Å²) in [4.78, 5) is 0. The number of benzene rings is 9. The van der Waals surface area contributed by atoms with Crippen molar-refractivity contribution < 1.29 is 0 Å². The molecule has 1 aliphatic carbocycles. The van der Waals surface area contributed by atoms with Gasteiger partial charge in [-0.25, -0.2) is 0 Å². The third kappa shape index (κ3) is 4.18. The van der Waals surface area contributed by atoms with Gasteiger partial charge in [0.25, 0.3) is 0 Å². The molecule has 1 aliphatic rings. The van der Waals surface area contributed by atoms with E-state index in [9.17, 15) is 0 Å². The van der Waals surface area contributed by atoms with Crippen molar-refractivity contribution in [2.75, 3.05) is 0 Å². The standard InChI is InChI=1S/C50H36/c1-31-13-12-16-36(27-31)47-39-19-8-9-20-40(39)48(43-29-35(25-26-41(43)47)34-24-23-32-14-4-5-15-33(32)28-34)44-30-46-49(38-18-7-6-17-37(38)44)42-21-10-11-22-45(42)50(46,2)3/h4-30H,1-3H3. The summed E-state index contributed by atoms with van der Waals surface area (Å²) in [6, 6.07) is 61.4. The Morgan fingerprint density at radius 2 is 0.960 bits per heavy atom. The molecule has 0 unspecified atom stereocenters. The first-order valence-corrected chi connectivity index (χ1v) is 17.7. The molecule has 0 saturated carbocycles. The van der Waals surface area contributed by atoms with Crippen molar-refractivity contribution in [2.24, 2.45) is 0 Å². The van der Waals surface area contributed by atoms with Gasteiger partial charge in [-0.1, -0.05) is 165 Å². The average molecular weight is 637 g/mol. The summed E-state index contributed by atoms with van der Waals surface area (Å²) in [5.41, 5.74) is 14.3. The minimum Gasteiger partial charge on any atom is -0.0619 e. The zero-order chi connectivity index (χ0) is 33.6. The van der Waals surface area contributed by atoms with E-state index in [1.807, 2.05) is 0 Å². The smallest absolute Gasteiger partial charge is 0.0159 e. The molecule has 0 saturated heterocycles. The van der Waals surface area contributed by atoms with E-state index in [-0.39, 0.29) is 5.41 Å². The van der Waals surface area contributed by atoms with Gasteiger partial charge in [0, 0.05) is 5.41 Å². The van der Waals surface area contributed by atoms with Crippen LogP contribution >= 0.6 is 0 Å². The van der Waals surface area contributed by atoms with E-state index in [4.69, 9.17) is 0 Å². The summed E-state index contributed by atoms with van der Waals surface area (Å²) in [5.74, 6) is 0. The predicted molar refractivity (Wildman–Crippen MR) is 215 cm³/mol. The largest absolute Gasteiger partial charge is 0.0619 e. The molecule has 9 aromatic carbocycles. The first kappa shape index (κ1) is 29.0. The maximum Gasteiger partial charge on any atom is 0.0159 e. The molecule has 0 atom stereocenters. The summed E-state index contributed by atoms with van der Waals surface area (Å²) < 4.78 is 0. The minimum atomic E-state index is -0.117. The maximum atomic E-state index is 2.54. The van der Waals surface area contributed by atoms with Crippen LogP contribution in [-0.2, 0) is 5.41 Å². The maximum absolute atomic E-state index is 2.54. The van der Waals surface area contributed by atoms with Crippen LogP contribution in [0.5, 0.6) is 0 Å². The molecule has 0 fully saturated rings. The second-order valence-electron chi connectivity index (χ2n) is 14.6. The van der Waals surface area contributed by atoms with Crippen LogP contribution in [0.2, 0.25) is 0 Å². The van der Waals surface area contributed by atoms with Crippen molar-refractivity contribution in [3.63, 3.8) is 0 Å². The van der Waals surface area contributed by atoms with Gasteiger partial charge in [-0.2, -0.15) is 0 Å². The summed E-state index contributed by atoms with van der Waals surface area (Å²) in [7, 11) is 0. The molecule has 9 aromatic rings. The number of hydrogen-bond acceptors (Lipinski definition) is 0. The molecule has 0 amide bonds. The third-order valence-electron chi connectivity index (χ3n) is 11.3. The molecule has 0 nitrogen and oxygen atoms in total. The third-order valence-corrected chi connectivity index (χ3v) is 11.3. The van der Waals surface area contributed by atoms with E-state index >= 15 is 0 Å². The van der Waals surface area contributed by atoms with Gasteiger partial charge in [-0.05, 0) is 124 Å². The quantitative estimate of drug-likeness (QED) is 0.169. The second-order valence-corrected chi connectivity index (χ2v) is 14.6. The highest BCUT2D eigenvalue weighted by atomic mass is 14.4. The Kier molecular flexibility index (Phi) is 6.24. The molecular weight excluding hydrogens is 601 g/mol. The van der Waals surface area contributed by atoms with Gasteiger partial charge in [0.2, 0.25) is 0 Å². The van der Waals surface area contributed by atoms with Crippen molar-refractivity contribution in [1.82, 2.24) is 0 Å².